The maximum Gasteiger partial charge on any atom is 0.416 e. The number of ether oxygens (including phenoxy) is 1. The van der Waals surface area contributed by atoms with Gasteiger partial charge in [0.15, 0.2) is 11.5 Å². The lowest BCUT2D eigenvalue weighted by Crippen LogP contribution is -2.50. The van der Waals surface area contributed by atoms with E-state index in [4.69, 9.17) is 10.5 Å². The number of nitrogens with two attached hydrogens (primary N) is 1. The number of rotatable bonds is 6. The topological polar surface area (TPSA) is 152 Å². The molecule has 0 aliphatic carbocycles. The molecule has 1 aliphatic heterocycles. The van der Waals surface area contributed by atoms with Crippen LogP contribution in [0.3, 0.4) is 0 Å². The highest BCUT2D eigenvalue weighted by Gasteiger charge is 2.33. The van der Waals surface area contributed by atoms with Crippen LogP contribution < -0.4 is 21.7 Å². The molecule has 0 radical (unpaired) electrons. The lowest BCUT2D eigenvalue weighted by Gasteiger charge is -2.34. The van der Waals surface area contributed by atoms with Crippen LogP contribution in [0.5, 0.6) is 0 Å². The molecular weight excluding hydrogens is 591 g/mol. The fourth-order valence-corrected chi connectivity index (χ4v) is 4.70. The van der Waals surface area contributed by atoms with Gasteiger partial charge >= 0.3 is 18.3 Å². The molecule has 0 bridgehead atoms. The smallest absolute Gasteiger partial charge is 0.416 e. The van der Waals surface area contributed by atoms with Crippen LogP contribution in [0, 0.1) is 6.92 Å². The van der Waals surface area contributed by atoms with Crippen LogP contribution in [0.15, 0.2) is 48.7 Å². The highest BCUT2D eigenvalue weighted by Crippen LogP contribution is 2.33. The van der Waals surface area contributed by atoms with Crippen molar-refractivity contribution in [3.8, 4) is 11.3 Å². The number of nitrogen functional groups attached to an aromatic ring is 1. The van der Waals surface area contributed by atoms with E-state index in [-0.39, 0.29) is 35.3 Å². The third-order valence-corrected chi connectivity index (χ3v) is 6.93. The van der Waals surface area contributed by atoms with E-state index in [0.717, 1.165) is 6.07 Å². The number of halogens is 3. The van der Waals surface area contributed by atoms with Gasteiger partial charge in [0, 0.05) is 36.9 Å². The van der Waals surface area contributed by atoms with Crippen LogP contribution >= 0.6 is 0 Å². The SMILES string of the molecule is Cc1ccc(NC(=O)NCc2ccc(-c3cnc(N)c(C(=O)NC4CCCN(C(=O)OC(C)(C)C)C4)n3)cc2)cc1C(F)(F)F. The molecule has 4 rings (SSSR count). The summed E-state index contributed by atoms with van der Waals surface area (Å²) in [4.78, 5) is 48.0. The molecule has 2 heterocycles. The number of aryl methyl sites for hydroxylation is 1. The molecule has 1 unspecified atom stereocenters. The second-order valence-electron chi connectivity index (χ2n) is 11.8. The van der Waals surface area contributed by atoms with Crippen molar-refractivity contribution in [2.75, 3.05) is 24.1 Å². The highest BCUT2D eigenvalue weighted by molar-refractivity contribution is 5.97. The Kier molecular flexibility index (Phi) is 9.84. The number of aromatic nitrogens is 2. The number of carbonyl (C=O) groups is 3. The number of urea groups is 1. The summed E-state index contributed by atoms with van der Waals surface area (Å²) in [5.41, 5.74) is 6.31. The van der Waals surface area contributed by atoms with Gasteiger partial charge in [0.05, 0.1) is 17.5 Å². The van der Waals surface area contributed by atoms with Crippen molar-refractivity contribution >= 4 is 29.5 Å². The number of piperidine rings is 1. The number of benzene rings is 2. The van der Waals surface area contributed by atoms with Gasteiger partial charge in [-0.05, 0) is 63.8 Å². The molecule has 5 N–H and O–H groups in total. The quantitative estimate of drug-likeness (QED) is 0.282. The van der Waals surface area contributed by atoms with Crippen LogP contribution in [0.1, 0.15) is 60.8 Å². The van der Waals surface area contributed by atoms with E-state index >= 15 is 0 Å². The van der Waals surface area contributed by atoms with Gasteiger partial charge in [-0.1, -0.05) is 30.3 Å². The van der Waals surface area contributed by atoms with Crippen molar-refractivity contribution in [2.24, 2.45) is 0 Å². The Balaban J connectivity index is 1.35. The number of likely N-dealkylation sites (tertiary alicyclic amines) is 1. The number of amides is 4. The second-order valence-corrected chi connectivity index (χ2v) is 11.8. The minimum Gasteiger partial charge on any atom is -0.444 e. The average molecular weight is 628 g/mol. The van der Waals surface area contributed by atoms with E-state index in [1.54, 1.807) is 49.9 Å². The Labute approximate surface area is 258 Å². The van der Waals surface area contributed by atoms with E-state index < -0.39 is 35.4 Å². The molecule has 0 saturated carbocycles. The molecule has 1 atom stereocenters. The fourth-order valence-electron chi connectivity index (χ4n) is 4.70. The minimum atomic E-state index is -4.53. The van der Waals surface area contributed by atoms with E-state index in [0.29, 0.717) is 42.8 Å². The summed E-state index contributed by atoms with van der Waals surface area (Å²) in [5.74, 6) is -0.556. The summed E-state index contributed by atoms with van der Waals surface area (Å²) in [5, 5.41) is 7.92. The van der Waals surface area contributed by atoms with Crippen LogP contribution in [0.2, 0.25) is 0 Å². The molecule has 1 fully saturated rings. The Bertz CT molecular complexity index is 1560. The summed E-state index contributed by atoms with van der Waals surface area (Å²) in [6.07, 6.45) is -2.16. The first-order valence-electron chi connectivity index (χ1n) is 14.3. The molecule has 1 saturated heterocycles. The Morgan fingerprint density at radius 1 is 1.09 bits per heavy atom. The van der Waals surface area contributed by atoms with Crippen LogP contribution in [-0.2, 0) is 17.5 Å². The van der Waals surface area contributed by atoms with E-state index in [1.165, 1.54) is 25.3 Å². The van der Waals surface area contributed by atoms with Gasteiger partial charge in [-0.2, -0.15) is 13.2 Å². The molecular formula is C31H36F3N7O4. The summed E-state index contributed by atoms with van der Waals surface area (Å²) in [7, 11) is 0. The van der Waals surface area contributed by atoms with Gasteiger partial charge in [0.25, 0.3) is 5.91 Å². The van der Waals surface area contributed by atoms with Gasteiger partial charge in [-0.15, -0.1) is 0 Å². The Morgan fingerprint density at radius 3 is 2.47 bits per heavy atom. The summed E-state index contributed by atoms with van der Waals surface area (Å²) < 4.78 is 45.0. The first-order chi connectivity index (χ1) is 21.1. The van der Waals surface area contributed by atoms with Gasteiger partial charge < -0.3 is 31.3 Å². The number of hydrogen-bond donors (Lipinski definition) is 4. The highest BCUT2D eigenvalue weighted by atomic mass is 19.4. The van der Waals surface area contributed by atoms with Crippen molar-refractivity contribution in [3.63, 3.8) is 0 Å². The van der Waals surface area contributed by atoms with Gasteiger partial charge in [-0.25, -0.2) is 19.6 Å². The van der Waals surface area contributed by atoms with Crippen molar-refractivity contribution in [1.29, 1.82) is 0 Å². The molecule has 14 heteroatoms. The molecule has 11 nitrogen and oxygen atoms in total. The summed E-state index contributed by atoms with van der Waals surface area (Å²) in [6.45, 7) is 7.65. The third kappa shape index (κ3) is 9.06. The fraction of sp³-hybridized carbons (Fsp3) is 0.387. The molecule has 1 aliphatic rings. The first-order valence-corrected chi connectivity index (χ1v) is 14.3. The van der Waals surface area contributed by atoms with Crippen molar-refractivity contribution < 1.29 is 32.3 Å². The van der Waals surface area contributed by atoms with Crippen molar-refractivity contribution in [3.05, 3.63) is 71.0 Å². The number of hydrogen-bond acceptors (Lipinski definition) is 7. The second kappa shape index (κ2) is 13.4. The summed E-state index contributed by atoms with van der Waals surface area (Å²) >= 11 is 0. The zero-order chi connectivity index (χ0) is 32.9. The predicted octanol–water partition coefficient (Wildman–Crippen LogP) is 5.50. The standard InChI is InChI=1S/C31H36F3N7O4/c1-18-7-12-21(14-23(18)31(32,33)34)39-28(43)37-15-19-8-10-20(11-9-19)24-16-36-26(35)25(40-24)27(42)38-22-6-5-13-41(17-22)29(44)45-30(2,3)4/h7-12,14,16,22H,5-6,13,15,17H2,1-4H3,(H2,35,36)(H,38,42)(H2,37,39,43). The molecule has 4 amide bonds. The van der Waals surface area contributed by atoms with Crippen molar-refractivity contribution in [1.82, 2.24) is 25.5 Å². The average Bonchev–Trinajstić information content (AvgIpc) is 2.96. The maximum atomic E-state index is 13.2. The van der Waals surface area contributed by atoms with Gasteiger partial charge in [0.2, 0.25) is 0 Å². The molecule has 3 aromatic rings. The Morgan fingerprint density at radius 2 is 1.80 bits per heavy atom. The van der Waals surface area contributed by atoms with Crippen LogP contribution in [-0.4, -0.2) is 57.6 Å². The monoisotopic (exact) mass is 627 g/mol. The van der Waals surface area contributed by atoms with E-state index in [1.807, 2.05) is 0 Å². The maximum absolute atomic E-state index is 13.2. The molecule has 240 valence electrons. The number of nitrogens with zero attached hydrogens (tertiary/aromatic N) is 3. The number of carbonyl (C=O) groups excluding carboxylic acids is 3. The molecule has 0 spiro atoms. The Hall–Kier alpha value is -4.88. The zero-order valence-electron chi connectivity index (χ0n) is 25.4. The van der Waals surface area contributed by atoms with E-state index in [9.17, 15) is 27.6 Å². The lowest BCUT2D eigenvalue weighted by atomic mass is 10.1. The van der Waals surface area contributed by atoms with Gasteiger partial charge in [0.1, 0.15) is 5.60 Å². The lowest BCUT2D eigenvalue weighted by molar-refractivity contribution is -0.138. The zero-order valence-corrected chi connectivity index (χ0v) is 25.4. The first kappa shape index (κ1) is 33.0. The molecule has 1 aromatic heterocycles. The predicted molar refractivity (Wildman–Crippen MR) is 162 cm³/mol. The number of alkyl halides is 3. The molecule has 2 aromatic carbocycles. The normalized spacial score (nSPS) is 15.3. The van der Waals surface area contributed by atoms with Gasteiger partial charge in [-0.3, -0.25) is 4.79 Å². The summed E-state index contributed by atoms with van der Waals surface area (Å²) in [6, 6.07) is 9.52. The van der Waals surface area contributed by atoms with Crippen LogP contribution in [0.25, 0.3) is 11.3 Å². The van der Waals surface area contributed by atoms with Crippen molar-refractivity contribution in [2.45, 2.75) is 64.9 Å². The minimum absolute atomic E-state index is 0.0198. The number of nitrogens with one attached hydrogen (secondary N) is 3. The van der Waals surface area contributed by atoms with E-state index in [2.05, 4.69) is 25.9 Å². The molecule has 45 heavy (non-hydrogen) atoms. The largest absolute Gasteiger partial charge is 0.444 e. The third-order valence-electron chi connectivity index (χ3n) is 6.93. The number of anilines is 2. The van der Waals surface area contributed by atoms with Crippen LogP contribution in [0.4, 0.5) is 34.3 Å².